The Hall–Kier alpha value is -1.27. The first-order chi connectivity index (χ1) is 8.93. The summed E-state index contributed by atoms with van der Waals surface area (Å²) in [7, 11) is 0. The molecule has 1 atom stereocenters. The Bertz CT molecular complexity index is 482. The Morgan fingerprint density at radius 3 is 2.68 bits per heavy atom. The molecule has 3 N–H and O–H groups in total. The highest BCUT2D eigenvalue weighted by molar-refractivity contribution is 9.10. The molecule has 104 valence electrons. The van der Waals surface area contributed by atoms with E-state index in [9.17, 15) is 9.59 Å². The number of benzene rings is 1. The van der Waals surface area contributed by atoms with E-state index in [2.05, 4.69) is 26.6 Å². The van der Waals surface area contributed by atoms with E-state index in [-0.39, 0.29) is 0 Å². The maximum Gasteiger partial charge on any atom is 0.326 e. The fourth-order valence-corrected chi connectivity index (χ4v) is 2.17. The van der Waals surface area contributed by atoms with Gasteiger partial charge in [-0.15, -0.1) is 0 Å². The van der Waals surface area contributed by atoms with Crippen molar-refractivity contribution < 1.29 is 14.7 Å². The zero-order valence-corrected chi connectivity index (χ0v) is 12.6. The van der Waals surface area contributed by atoms with Crippen LogP contribution in [0.2, 0.25) is 5.02 Å². The third-order valence-electron chi connectivity index (χ3n) is 2.36. The number of hydrogen-bond acceptors (Lipinski definition) is 2. The molecule has 0 radical (unpaired) electrons. The van der Waals surface area contributed by atoms with Gasteiger partial charge < -0.3 is 15.7 Å². The number of amides is 2. The molecule has 0 bridgehead atoms. The number of carboxylic acids is 1. The van der Waals surface area contributed by atoms with Crippen molar-refractivity contribution >= 4 is 45.2 Å². The summed E-state index contributed by atoms with van der Waals surface area (Å²) in [5.41, 5.74) is 0.419. The minimum absolute atomic E-state index is 0.367. The van der Waals surface area contributed by atoms with Crippen molar-refractivity contribution in [3.8, 4) is 0 Å². The van der Waals surface area contributed by atoms with Crippen molar-refractivity contribution in [2.45, 2.75) is 25.8 Å². The van der Waals surface area contributed by atoms with Crippen LogP contribution in [-0.4, -0.2) is 23.1 Å². The van der Waals surface area contributed by atoms with Crippen LogP contribution in [0.1, 0.15) is 19.8 Å². The average Bonchev–Trinajstić information content (AvgIpc) is 2.32. The van der Waals surface area contributed by atoms with Gasteiger partial charge in [0.2, 0.25) is 0 Å². The van der Waals surface area contributed by atoms with Crippen molar-refractivity contribution in [2.75, 3.05) is 5.32 Å². The topological polar surface area (TPSA) is 78.4 Å². The summed E-state index contributed by atoms with van der Waals surface area (Å²) in [5, 5.41) is 14.2. The van der Waals surface area contributed by atoms with Crippen molar-refractivity contribution in [1.82, 2.24) is 5.32 Å². The lowest BCUT2D eigenvalue weighted by molar-refractivity contribution is -0.139. The smallest absolute Gasteiger partial charge is 0.326 e. The van der Waals surface area contributed by atoms with Gasteiger partial charge >= 0.3 is 12.0 Å². The van der Waals surface area contributed by atoms with Crippen LogP contribution < -0.4 is 10.6 Å². The number of carbonyl (C=O) groups is 2. The molecule has 7 heteroatoms. The molecule has 2 amide bonds. The molecule has 19 heavy (non-hydrogen) atoms. The minimum atomic E-state index is -1.06. The molecule has 0 fully saturated rings. The Balaban J connectivity index is 2.66. The van der Waals surface area contributed by atoms with Gasteiger partial charge in [-0.05, 0) is 24.6 Å². The molecule has 0 aliphatic carbocycles. The van der Waals surface area contributed by atoms with Crippen LogP contribution in [0, 0.1) is 0 Å². The lowest BCUT2D eigenvalue weighted by atomic mass is 10.2. The highest BCUT2D eigenvalue weighted by atomic mass is 79.9. The summed E-state index contributed by atoms with van der Waals surface area (Å²) in [5.74, 6) is -1.06. The maximum absolute atomic E-state index is 11.7. The number of halogens is 2. The number of hydrogen-bond donors (Lipinski definition) is 3. The van der Waals surface area contributed by atoms with Crippen LogP contribution in [0.4, 0.5) is 10.5 Å². The van der Waals surface area contributed by atoms with Gasteiger partial charge in [0.1, 0.15) is 6.04 Å². The molecule has 0 saturated heterocycles. The fraction of sp³-hybridized carbons (Fsp3) is 0.333. The summed E-state index contributed by atoms with van der Waals surface area (Å²) in [6.07, 6.45) is 1.03. The Labute approximate surface area is 124 Å². The maximum atomic E-state index is 11.7. The van der Waals surface area contributed by atoms with E-state index in [1.54, 1.807) is 18.2 Å². The zero-order valence-electron chi connectivity index (χ0n) is 10.2. The number of aliphatic carboxylic acids is 1. The molecule has 0 aliphatic heterocycles. The molecule has 0 aliphatic rings. The summed E-state index contributed by atoms with van der Waals surface area (Å²) in [4.78, 5) is 22.6. The Kier molecular flexibility index (Phi) is 6.11. The summed E-state index contributed by atoms with van der Waals surface area (Å²) in [6.45, 7) is 1.85. The molecule has 1 aromatic rings. The predicted octanol–water partition coefficient (Wildman–Crippen LogP) is 3.48. The van der Waals surface area contributed by atoms with Gasteiger partial charge in [0.15, 0.2) is 0 Å². The lowest BCUT2D eigenvalue weighted by Gasteiger charge is -2.14. The van der Waals surface area contributed by atoms with Gasteiger partial charge in [0.25, 0.3) is 0 Å². The van der Waals surface area contributed by atoms with E-state index < -0.39 is 18.0 Å². The van der Waals surface area contributed by atoms with Crippen LogP contribution >= 0.6 is 27.5 Å². The molecule has 1 aromatic carbocycles. The number of carbonyl (C=O) groups excluding carboxylic acids is 1. The molecular formula is C12H14BrClN2O3. The van der Waals surface area contributed by atoms with E-state index in [4.69, 9.17) is 16.7 Å². The van der Waals surface area contributed by atoms with Crippen LogP contribution in [0.15, 0.2) is 22.7 Å². The first-order valence-electron chi connectivity index (χ1n) is 5.69. The number of urea groups is 1. The SMILES string of the molecule is CCC[C@H](NC(=O)Nc1ccc(Br)cc1Cl)C(=O)O. The molecule has 0 spiro atoms. The first-order valence-corrected chi connectivity index (χ1v) is 6.86. The third kappa shape index (κ3) is 5.08. The standard InChI is InChI=1S/C12H14BrClN2O3/c1-2-3-10(11(17)18)16-12(19)15-9-5-4-7(13)6-8(9)14/h4-6,10H,2-3H2,1H3,(H,17,18)(H2,15,16,19)/t10-/m0/s1. The quantitative estimate of drug-likeness (QED) is 0.761. The molecule has 0 saturated carbocycles. The predicted molar refractivity (Wildman–Crippen MR) is 77.6 cm³/mol. The fourth-order valence-electron chi connectivity index (χ4n) is 1.45. The highest BCUT2D eigenvalue weighted by Crippen LogP contribution is 2.25. The van der Waals surface area contributed by atoms with E-state index in [1.807, 2.05) is 6.92 Å². The van der Waals surface area contributed by atoms with Gasteiger partial charge in [-0.3, -0.25) is 0 Å². The van der Waals surface area contributed by atoms with Crippen LogP contribution in [0.5, 0.6) is 0 Å². The minimum Gasteiger partial charge on any atom is -0.480 e. The molecule has 0 unspecified atom stereocenters. The summed E-state index contributed by atoms with van der Waals surface area (Å²) >= 11 is 9.20. The van der Waals surface area contributed by atoms with Crippen molar-refractivity contribution in [1.29, 1.82) is 0 Å². The van der Waals surface area contributed by atoms with Crippen molar-refractivity contribution in [3.63, 3.8) is 0 Å². The van der Waals surface area contributed by atoms with E-state index in [0.29, 0.717) is 23.6 Å². The van der Waals surface area contributed by atoms with Gasteiger partial charge in [0, 0.05) is 4.47 Å². The second-order valence-corrected chi connectivity index (χ2v) is 5.23. The van der Waals surface area contributed by atoms with E-state index in [0.717, 1.165) is 4.47 Å². The van der Waals surface area contributed by atoms with E-state index in [1.165, 1.54) is 0 Å². The molecule has 0 aromatic heterocycles. The highest BCUT2D eigenvalue weighted by Gasteiger charge is 2.19. The van der Waals surface area contributed by atoms with Gasteiger partial charge in [-0.25, -0.2) is 9.59 Å². The third-order valence-corrected chi connectivity index (χ3v) is 3.17. The first kappa shape index (κ1) is 15.8. The Morgan fingerprint density at radius 1 is 1.47 bits per heavy atom. The lowest BCUT2D eigenvalue weighted by Crippen LogP contribution is -2.42. The van der Waals surface area contributed by atoms with Crippen LogP contribution in [-0.2, 0) is 4.79 Å². The van der Waals surface area contributed by atoms with E-state index >= 15 is 0 Å². The second-order valence-electron chi connectivity index (χ2n) is 3.90. The number of rotatable bonds is 5. The number of carboxylic acid groups (broad SMARTS) is 1. The monoisotopic (exact) mass is 348 g/mol. The second kappa shape index (κ2) is 7.35. The summed E-state index contributed by atoms with van der Waals surface area (Å²) in [6, 6.07) is 3.49. The van der Waals surface area contributed by atoms with Crippen LogP contribution in [0.3, 0.4) is 0 Å². The van der Waals surface area contributed by atoms with Crippen LogP contribution in [0.25, 0.3) is 0 Å². The normalized spacial score (nSPS) is 11.7. The molecule has 5 nitrogen and oxygen atoms in total. The molecule has 1 rings (SSSR count). The van der Waals surface area contributed by atoms with Gasteiger partial charge in [-0.1, -0.05) is 40.9 Å². The molecular weight excluding hydrogens is 336 g/mol. The zero-order chi connectivity index (χ0) is 14.4. The Morgan fingerprint density at radius 2 is 2.16 bits per heavy atom. The average molecular weight is 350 g/mol. The number of anilines is 1. The largest absolute Gasteiger partial charge is 0.480 e. The van der Waals surface area contributed by atoms with Crippen molar-refractivity contribution in [3.05, 3.63) is 27.7 Å². The molecule has 0 heterocycles. The number of nitrogens with one attached hydrogen (secondary N) is 2. The van der Waals surface area contributed by atoms with Gasteiger partial charge in [0.05, 0.1) is 10.7 Å². The van der Waals surface area contributed by atoms with Crippen molar-refractivity contribution in [2.24, 2.45) is 0 Å². The van der Waals surface area contributed by atoms with Gasteiger partial charge in [-0.2, -0.15) is 0 Å². The summed E-state index contributed by atoms with van der Waals surface area (Å²) < 4.78 is 0.790.